The number of hydrogen-bond donors (Lipinski definition) is 4. The van der Waals surface area contributed by atoms with E-state index in [0.717, 1.165) is 19.5 Å². The first-order valence-corrected chi connectivity index (χ1v) is 9.05. The van der Waals surface area contributed by atoms with Gasteiger partial charge in [0.25, 0.3) is 0 Å². The maximum Gasteiger partial charge on any atom is 0.306 e. The third kappa shape index (κ3) is 7.16. The molecule has 10 heteroatoms. The zero-order chi connectivity index (χ0) is 22.2. The van der Waals surface area contributed by atoms with Crippen molar-refractivity contribution >= 4 is 29.5 Å². The van der Waals surface area contributed by atoms with Gasteiger partial charge in [0.2, 0.25) is 5.91 Å². The highest BCUT2D eigenvalue weighted by molar-refractivity contribution is 5.87. The monoisotopic (exact) mass is 410 g/mol. The van der Waals surface area contributed by atoms with Crippen molar-refractivity contribution in [1.82, 2.24) is 4.90 Å². The lowest BCUT2D eigenvalue weighted by atomic mass is 9.96. The number of carbonyl (C=O) groups is 4. The van der Waals surface area contributed by atoms with E-state index in [9.17, 15) is 24.3 Å². The second kappa shape index (κ2) is 10.5. The van der Waals surface area contributed by atoms with Crippen molar-refractivity contribution < 1.29 is 44.9 Å². The van der Waals surface area contributed by atoms with Crippen molar-refractivity contribution in [2.75, 3.05) is 20.1 Å². The molecule has 160 valence electrons. The minimum absolute atomic E-state index is 0.211. The van der Waals surface area contributed by atoms with E-state index in [1.54, 1.807) is 4.90 Å². The molecule has 29 heavy (non-hydrogen) atoms. The quantitative estimate of drug-likeness (QED) is 0.352. The lowest BCUT2D eigenvalue weighted by Gasteiger charge is -2.25. The number of fused-ring (bicyclic) bond motifs is 1. The Morgan fingerprint density at radius 2 is 1.76 bits per heavy atom. The Morgan fingerprint density at radius 1 is 1.17 bits per heavy atom. The van der Waals surface area contributed by atoms with Crippen LogP contribution in [0.25, 0.3) is 0 Å². The molecule has 0 radical (unpaired) electrons. The topological polar surface area (TPSA) is 172 Å². The van der Waals surface area contributed by atoms with E-state index in [2.05, 4.69) is 23.5 Å². The average Bonchev–Trinajstić information content (AvgIpc) is 3.09. The number of likely N-dealkylation sites (N-methyl/N-ethyl adjacent to an activating group) is 1. The predicted octanol–water partition coefficient (Wildman–Crippen LogP) is -2.12. The van der Waals surface area contributed by atoms with Crippen molar-refractivity contribution in [3.8, 4) is 0 Å². The molecule has 0 spiro atoms. The van der Waals surface area contributed by atoms with Crippen molar-refractivity contribution in [3.05, 3.63) is 29.3 Å². The summed E-state index contributed by atoms with van der Waals surface area (Å²) in [6.45, 7) is 3.89. The number of nitrogens with two attached hydrogens (primary N) is 1. The first kappa shape index (κ1) is 24.1. The second-order valence-corrected chi connectivity index (χ2v) is 6.77. The molecule has 0 atom stereocenters. The molecule has 0 fully saturated rings. The van der Waals surface area contributed by atoms with Gasteiger partial charge in [-0.15, -0.1) is 0 Å². The van der Waals surface area contributed by atoms with Gasteiger partial charge in [0.1, 0.15) is 11.3 Å². The molecule has 1 aromatic carbocycles. The van der Waals surface area contributed by atoms with Crippen LogP contribution in [0.1, 0.15) is 30.9 Å². The van der Waals surface area contributed by atoms with Crippen LogP contribution in [-0.4, -0.2) is 69.8 Å². The molecule has 1 aromatic rings. The highest BCUT2D eigenvalue weighted by Crippen LogP contribution is 2.20. The van der Waals surface area contributed by atoms with Crippen LogP contribution in [0.5, 0.6) is 0 Å². The van der Waals surface area contributed by atoms with E-state index < -0.39 is 36.4 Å². The molecule has 1 aliphatic heterocycles. The van der Waals surface area contributed by atoms with Gasteiger partial charge in [-0.05, 0) is 18.6 Å². The van der Waals surface area contributed by atoms with Crippen LogP contribution in [0.3, 0.4) is 0 Å². The fourth-order valence-corrected chi connectivity index (χ4v) is 2.87. The van der Waals surface area contributed by atoms with Gasteiger partial charge in [0.15, 0.2) is 0 Å². The fraction of sp³-hybridized carbons (Fsp3) is 0.474. The zero-order valence-corrected chi connectivity index (χ0v) is 16.4. The maximum absolute atomic E-state index is 11.9. The van der Waals surface area contributed by atoms with Crippen LogP contribution in [0.4, 0.5) is 5.69 Å². The summed E-state index contributed by atoms with van der Waals surface area (Å²) < 4.78 is 0. The minimum Gasteiger partial charge on any atom is -0.547 e. The van der Waals surface area contributed by atoms with Crippen LogP contribution in [0.2, 0.25) is 0 Å². The summed E-state index contributed by atoms with van der Waals surface area (Å²) in [5, 5.41) is 37.8. The Bertz CT molecular complexity index is 761. The van der Waals surface area contributed by atoms with Crippen molar-refractivity contribution in [2.24, 2.45) is 0 Å². The third-order valence-electron chi connectivity index (χ3n) is 4.58. The number of quaternary nitrogens is 1. The normalized spacial score (nSPS) is 12.4. The van der Waals surface area contributed by atoms with Gasteiger partial charge < -0.3 is 35.4 Å². The van der Waals surface area contributed by atoms with Gasteiger partial charge in [-0.1, -0.05) is 12.1 Å². The van der Waals surface area contributed by atoms with Gasteiger partial charge in [0.05, 0.1) is 31.8 Å². The van der Waals surface area contributed by atoms with Crippen molar-refractivity contribution in [1.29, 1.82) is 0 Å². The van der Waals surface area contributed by atoms with Crippen LogP contribution in [-0.2, 0) is 32.0 Å². The highest BCUT2D eigenvalue weighted by atomic mass is 16.4. The first-order valence-electron chi connectivity index (χ1n) is 9.05. The number of aliphatic carboxylic acids is 3. The molecule has 10 nitrogen and oxygen atoms in total. The second-order valence-electron chi connectivity index (χ2n) is 6.77. The molecule has 0 saturated heterocycles. The largest absolute Gasteiger partial charge is 0.547 e. The first-order chi connectivity index (χ1) is 13.5. The Labute approximate surface area is 167 Å². The molecule has 0 unspecified atom stereocenters. The number of carboxylic acid groups (broad SMARTS) is 3. The van der Waals surface area contributed by atoms with E-state index in [-0.39, 0.29) is 5.91 Å². The van der Waals surface area contributed by atoms with E-state index in [1.807, 2.05) is 14.0 Å². The van der Waals surface area contributed by atoms with Gasteiger partial charge in [-0.3, -0.25) is 14.4 Å². The number of benzene rings is 1. The summed E-state index contributed by atoms with van der Waals surface area (Å²) in [7, 11) is 1.86. The predicted molar refractivity (Wildman–Crippen MR) is 98.1 cm³/mol. The molecule has 1 amide bonds. The average molecular weight is 410 g/mol. The summed E-state index contributed by atoms with van der Waals surface area (Å²) >= 11 is 0. The standard InChI is InChI=1S/C13H18N2O.C6H8O7/c1-3-15(2)13(16)9-10-5-4-6-12-11(10)7-8-14-12;7-3(8)1-6(13,5(11)12)2-4(9)10/h4-6,14H,3,7-9H2,1-2H3;13H,1-2H2,(H,7,8)(H,9,10)(H,11,12). The fourth-order valence-electron chi connectivity index (χ4n) is 2.87. The summed E-state index contributed by atoms with van der Waals surface area (Å²) in [6, 6.07) is 6.27. The van der Waals surface area contributed by atoms with E-state index in [0.29, 0.717) is 6.42 Å². The number of carboxylic acids is 3. The van der Waals surface area contributed by atoms with Crippen molar-refractivity contribution in [2.45, 2.75) is 38.2 Å². The molecular formula is C19H26N2O8. The SMILES string of the molecule is CCN(C)C(=O)Cc1cccc2c1CC[NH2+]2.O=C(O)CC(O)(CC(=O)O)C(=O)[O-]. The molecule has 0 aromatic heterocycles. The molecular weight excluding hydrogens is 384 g/mol. The van der Waals surface area contributed by atoms with Crippen LogP contribution in [0, 0.1) is 0 Å². The molecule has 0 bridgehead atoms. The van der Waals surface area contributed by atoms with Gasteiger partial charge in [0, 0.05) is 25.6 Å². The number of rotatable bonds is 8. The number of carbonyl (C=O) groups excluding carboxylic acids is 2. The molecule has 1 heterocycles. The van der Waals surface area contributed by atoms with Gasteiger partial charge >= 0.3 is 11.9 Å². The zero-order valence-electron chi connectivity index (χ0n) is 16.4. The molecule has 0 saturated carbocycles. The highest BCUT2D eigenvalue weighted by Gasteiger charge is 2.34. The van der Waals surface area contributed by atoms with E-state index >= 15 is 0 Å². The van der Waals surface area contributed by atoms with Gasteiger partial charge in [-0.25, -0.2) is 0 Å². The number of nitrogens with zero attached hydrogens (tertiary/aromatic N) is 1. The summed E-state index contributed by atoms with van der Waals surface area (Å²) in [5.41, 5.74) is 1.05. The Kier molecular flexibility index (Phi) is 8.74. The Morgan fingerprint density at radius 3 is 2.24 bits per heavy atom. The Balaban J connectivity index is 0.000000298. The lowest BCUT2D eigenvalue weighted by Crippen LogP contribution is -2.75. The van der Waals surface area contributed by atoms with E-state index in [4.69, 9.17) is 15.3 Å². The maximum atomic E-state index is 11.9. The smallest absolute Gasteiger partial charge is 0.306 e. The van der Waals surface area contributed by atoms with Crippen molar-refractivity contribution in [3.63, 3.8) is 0 Å². The third-order valence-corrected chi connectivity index (χ3v) is 4.58. The number of amides is 1. The Hall–Kier alpha value is -2.98. The molecule has 2 rings (SSSR count). The lowest BCUT2D eigenvalue weighted by molar-refractivity contribution is -0.561. The summed E-state index contributed by atoms with van der Waals surface area (Å²) in [4.78, 5) is 44.0. The number of aliphatic hydroxyl groups is 1. The van der Waals surface area contributed by atoms with Crippen LogP contribution >= 0.6 is 0 Å². The summed E-state index contributed by atoms with van der Waals surface area (Å²) in [5.74, 6) is -5.14. The van der Waals surface area contributed by atoms with Gasteiger partial charge in [-0.2, -0.15) is 0 Å². The van der Waals surface area contributed by atoms with Crippen LogP contribution in [0.15, 0.2) is 18.2 Å². The minimum atomic E-state index is -2.85. The molecule has 0 aliphatic carbocycles. The molecule has 5 N–H and O–H groups in total. The molecule has 1 aliphatic rings. The van der Waals surface area contributed by atoms with E-state index in [1.165, 1.54) is 16.8 Å². The number of hydrogen-bond acceptors (Lipinski definition) is 6. The van der Waals surface area contributed by atoms with Crippen LogP contribution < -0.4 is 10.4 Å². The summed E-state index contributed by atoms with van der Waals surface area (Å²) in [6.07, 6.45) is -0.779.